The number of hydrogen-bond acceptors (Lipinski definition) is 6. The summed E-state index contributed by atoms with van der Waals surface area (Å²) in [5, 5.41) is 13.8. The topological polar surface area (TPSA) is 108 Å². The van der Waals surface area contributed by atoms with E-state index in [0.29, 0.717) is 17.4 Å². The fourth-order valence-corrected chi connectivity index (χ4v) is 8.16. The van der Waals surface area contributed by atoms with Crippen molar-refractivity contribution < 1.29 is 32.9 Å². The Balaban J connectivity index is 4.29. The molecule has 0 aromatic carbocycles. The molecule has 0 spiro atoms. The monoisotopic (exact) mass is 919 g/mol. The lowest BCUT2D eigenvalue weighted by Crippen LogP contribution is -2.45. The summed E-state index contributed by atoms with van der Waals surface area (Å²) in [5.74, 6) is -0.227. The molecule has 0 saturated carbocycles. The average molecular weight is 919 g/mol. The minimum absolute atomic E-state index is 0.0139. The van der Waals surface area contributed by atoms with Crippen molar-refractivity contribution in [1.29, 1.82) is 0 Å². The number of rotatable bonds is 48. The Morgan fingerprint density at radius 2 is 0.938 bits per heavy atom. The van der Waals surface area contributed by atoms with E-state index in [9.17, 15) is 19.4 Å². The van der Waals surface area contributed by atoms with Gasteiger partial charge in [-0.1, -0.05) is 216 Å². The number of phosphoric acid groups is 1. The first-order valence-corrected chi connectivity index (χ1v) is 28.1. The van der Waals surface area contributed by atoms with Crippen molar-refractivity contribution in [2.24, 2.45) is 0 Å². The van der Waals surface area contributed by atoms with E-state index in [4.69, 9.17) is 9.05 Å². The number of hydrogen-bond donors (Lipinski definition) is 2. The Kier molecular flexibility index (Phi) is 45.0. The van der Waals surface area contributed by atoms with Crippen molar-refractivity contribution in [1.82, 2.24) is 5.32 Å². The molecule has 0 aliphatic rings. The molecular weight excluding hydrogens is 816 g/mol. The van der Waals surface area contributed by atoms with Crippen LogP contribution in [0.1, 0.15) is 232 Å². The third-order valence-corrected chi connectivity index (χ3v) is 12.6. The number of carbonyl (C=O) groups is 1. The molecule has 374 valence electrons. The summed E-state index contributed by atoms with van der Waals surface area (Å²) in [5.41, 5.74) is 0. The third-order valence-electron chi connectivity index (χ3n) is 11.7. The Labute approximate surface area is 396 Å². The Bertz CT molecular complexity index is 1230. The van der Waals surface area contributed by atoms with Gasteiger partial charge in [0.25, 0.3) is 7.82 Å². The molecule has 0 aliphatic heterocycles. The number of nitrogens with zero attached hydrogens (tertiary/aromatic N) is 1. The summed E-state index contributed by atoms with van der Waals surface area (Å²) in [6.07, 6.45) is 61.6. The van der Waals surface area contributed by atoms with Gasteiger partial charge in [0, 0.05) is 6.42 Å². The van der Waals surface area contributed by atoms with Gasteiger partial charge in [-0.25, -0.2) is 0 Å². The van der Waals surface area contributed by atoms with Gasteiger partial charge in [-0.2, -0.15) is 0 Å². The standard InChI is InChI=1S/C55H103N2O6P/c1-6-8-10-12-14-16-18-20-22-23-24-25-26-27-28-29-30-31-32-33-34-35-36-38-40-42-44-46-48-54(58)53(52-63-64(60,61)62-51-50-57(3,4)5)56-55(59)49-47-45-43-41-39-37-21-19-17-15-13-11-9-7-2/h13,15,19,21,33-34,38,40,46,48,53-54,58H,6-12,14,16-18,20,22-32,35-37,39,41-45,47,49-52H2,1-5H3,(H-,56,59,60,61)/b15-13-,21-19-,34-33+,40-38+,48-46+. The highest BCUT2D eigenvalue weighted by Crippen LogP contribution is 2.38. The minimum atomic E-state index is -4.61. The molecule has 0 aromatic rings. The van der Waals surface area contributed by atoms with Crippen LogP contribution in [0.3, 0.4) is 0 Å². The van der Waals surface area contributed by atoms with Gasteiger partial charge in [0.1, 0.15) is 13.2 Å². The van der Waals surface area contributed by atoms with Gasteiger partial charge in [0.2, 0.25) is 5.91 Å². The van der Waals surface area contributed by atoms with E-state index < -0.39 is 26.6 Å². The van der Waals surface area contributed by atoms with Crippen molar-refractivity contribution in [3.63, 3.8) is 0 Å². The molecule has 0 fully saturated rings. The summed E-state index contributed by atoms with van der Waals surface area (Å²) in [6.45, 7) is 4.57. The van der Waals surface area contributed by atoms with Crippen LogP contribution in [-0.4, -0.2) is 68.5 Å². The first kappa shape index (κ1) is 62.2. The van der Waals surface area contributed by atoms with Crippen LogP contribution in [0.5, 0.6) is 0 Å². The van der Waals surface area contributed by atoms with Crippen LogP contribution >= 0.6 is 7.82 Å². The highest BCUT2D eigenvalue weighted by Gasteiger charge is 2.23. The molecule has 3 atom stereocenters. The molecule has 8 nitrogen and oxygen atoms in total. The molecule has 0 bridgehead atoms. The van der Waals surface area contributed by atoms with Crippen molar-refractivity contribution in [3.8, 4) is 0 Å². The molecule has 9 heteroatoms. The molecule has 2 N–H and O–H groups in total. The van der Waals surface area contributed by atoms with E-state index in [-0.39, 0.29) is 12.5 Å². The normalized spacial score (nSPS) is 14.5. The Morgan fingerprint density at radius 1 is 0.547 bits per heavy atom. The van der Waals surface area contributed by atoms with Crippen LogP contribution in [0.2, 0.25) is 0 Å². The van der Waals surface area contributed by atoms with E-state index in [0.717, 1.165) is 70.6 Å². The number of carbonyl (C=O) groups excluding carboxylic acids is 1. The fourth-order valence-electron chi connectivity index (χ4n) is 7.44. The summed E-state index contributed by atoms with van der Waals surface area (Å²) in [4.78, 5) is 25.4. The van der Waals surface area contributed by atoms with Gasteiger partial charge in [0.15, 0.2) is 0 Å². The zero-order valence-electron chi connectivity index (χ0n) is 42.5. The van der Waals surface area contributed by atoms with Crippen molar-refractivity contribution in [2.45, 2.75) is 244 Å². The Hall–Kier alpha value is -1.80. The number of unbranched alkanes of at least 4 members (excludes halogenated alkanes) is 27. The van der Waals surface area contributed by atoms with Crippen LogP contribution in [0, 0.1) is 0 Å². The second-order valence-electron chi connectivity index (χ2n) is 19.2. The minimum Gasteiger partial charge on any atom is -0.756 e. The van der Waals surface area contributed by atoms with Gasteiger partial charge in [-0.3, -0.25) is 9.36 Å². The maximum Gasteiger partial charge on any atom is 0.268 e. The van der Waals surface area contributed by atoms with Gasteiger partial charge < -0.3 is 28.8 Å². The summed E-state index contributed by atoms with van der Waals surface area (Å²) < 4.78 is 23.2. The zero-order chi connectivity index (χ0) is 47.1. The number of amides is 1. The molecule has 0 aromatic heterocycles. The number of likely N-dealkylation sites (N-methyl/N-ethyl adjacent to an activating group) is 1. The molecular formula is C55H103N2O6P. The van der Waals surface area contributed by atoms with Crippen LogP contribution in [0.15, 0.2) is 60.8 Å². The lowest BCUT2D eigenvalue weighted by atomic mass is 10.0. The van der Waals surface area contributed by atoms with Crippen LogP contribution in [-0.2, 0) is 18.4 Å². The Morgan fingerprint density at radius 3 is 1.41 bits per heavy atom. The van der Waals surface area contributed by atoms with Crippen molar-refractivity contribution >= 4 is 13.7 Å². The van der Waals surface area contributed by atoms with Crippen molar-refractivity contribution in [3.05, 3.63) is 60.8 Å². The van der Waals surface area contributed by atoms with Crippen molar-refractivity contribution in [2.75, 3.05) is 40.9 Å². The molecule has 0 rings (SSSR count). The SMILES string of the molecule is CCCC/C=C\C/C=C\CCCCCCCC(=O)NC(COP(=O)([O-])OCC[N+](C)(C)C)C(O)/C=C/CC/C=C/CC/C=C/CCCCCCCCCCCCCCCCCCCC. The number of phosphoric ester groups is 1. The molecule has 0 heterocycles. The van der Waals surface area contributed by atoms with Crippen LogP contribution < -0.4 is 10.2 Å². The average Bonchev–Trinajstić information content (AvgIpc) is 3.25. The molecule has 0 radical (unpaired) electrons. The second kappa shape index (κ2) is 46.3. The van der Waals surface area contributed by atoms with E-state index in [1.807, 2.05) is 27.2 Å². The van der Waals surface area contributed by atoms with E-state index in [1.165, 1.54) is 141 Å². The number of allylic oxidation sites excluding steroid dienone is 9. The van der Waals surface area contributed by atoms with Gasteiger partial charge in [-0.15, -0.1) is 0 Å². The van der Waals surface area contributed by atoms with E-state index in [2.05, 4.69) is 67.8 Å². The predicted octanol–water partition coefficient (Wildman–Crippen LogP) is 15.1. The largest absolute Gasteiger partial charge is 0.756 e. The third kappa shape index (κ3) is 48.1. The quantitative estimate of drug-likeness (QED) is 0.0272. The lowest BCUT2D eigenvalue weighted by molar-refractivity contribution is -0.870. The van der Waals surface area contributed by atoms with Gasteiger partial charge in [-0.05, 0) is 70.6 Å². The maximum absolute atomic E-state index is 12.9. The molecule has 1 amide bonds. The van der Waals surface area contributed by atoms with E-state index >= 15 is 0 Å². The van der Waals surface area contributed by atoms with Crippen LogP contribution in [0.4, 0.5) is 0 Å². The first-order chi connectivity index (χ1) is 31.0. The smallest absolute Gasteiger partial charge is 0.268 e. The lowest BCUT2D eigenvalue weighted by Gasteiger charge is -2.29. The molecule has 0 saturated heterocycles. The number of aliphatic hydroxyl groups excluding tert-OH is 1. The summed E-state index contributed by atoms with van der Waals surface area (Å²) in [6, 6.07) is -0.919. The summed E-state index contributed by atoms with van der Waals surface area (Å²) >= 11 is 0. The second-order valence-corrected chi connectivity index (χ2v) is 20.6. The van der Waals surface area contributed by atoms with Gasteiger partial charge >= 0.3 is 0 Å². The number of quaternary nitrogens is 1. The zero-order valence-corrected chi connectivity index (χ0v) is 43.4. The highest BCUT2D eigenvalue weighted by molar-refractivity contribution is 7.45. The number of aliphatic hydroxyl groups is 1. The van der Waals surface area contributed by atoms with E-state index in [1.54, 1.807) is 6.08 Å². The molecule has 0 aliphatic carbocycles. The van der Waals surface area contributed by atoms with Gasteiger partial charge in [0.05, 0.1) is 39.9 Å². The first-order valence-electron chi connectivity index (χ1n) is 26.7. The maximum atomic E-state index is 12.9. The molecule has 3 unspecified atom stereocenters. The highest BCUT2D eigenvalue weighted by atomic mass is 31.2. The number of nitrogens with one attached hydrogen (secondary N) is 1. The van der Waals surface area contributed by atoms with Crippen LogP contribution in [0.25, 0.3) is 0 Å². The summed E-state index contributed by atoms with van der Waals surface area (Å²) in [7, 11) is 1.22. The fraction of sp³-hybridized carbons (Fsp3) is 0.800. The molecule has 64 heavy (non-hydrogen) atoms. The predicted molar refractivity (Wildman–Crippen MR) is 274 cm³/mol.